The van der Waals surface area contributed by atoms with E-state index in [-0.39, 0.29) is 31.0 Å². The Bertz CT molecular complexity index is 1280. The molecule has 1 fully saturated rings. The van der Waals surface area contributed by atoms with Crippen LogP contribution < -0.4 is 24.6 Å². The highest BCUT2D eigenvalue weighted by Crippen LogP contribution is 2.38. The van der Waals surface area contributed by atoms with E-state index in [0.29, 0.717) is 22.8 Å². The van der Waals surface area contributed by atoms with Crippen molar-refractivity contribution in [3.05, 3.63) is 47.5 Å². The summed E-state index contributed by atoms with van der Waals surface area (Å²) in [5, 5.41) is 5.13. The molecule has 2 N–H and O–H groups in total. The summed E-state index contributed by atoms with van der Waals surface area (Å²) in [6, 6.07) is 9.27. The SMILES string of the molecule is CCN(c1ccc(NC(=O)c2cc(N3CCC(=O)NC3=O)cc(C(C)(C)C)c2OC)cc1)S(C)(=O)=O. The largest absolute Gasteiger partial charge is 0.496 e. The van der Waals surface area contributed by atoms with Crippen molar-refractivity contribution in [3.63, 3.8) is 0 Å². The summed E-state index contributed by atoms with van der Waals surface area (Å²) in [6.45, 7) is 8.11. The first kappa shape index (κ1) is 27.0. The predicted octanol–water partition coefficient (Wildman–Crippen LogP) is 3.48. The second-order valence-electron chi connectivity index (χ2n) is 9.51. The minimum atomic E-state index is -3.43. The highest BCUT2D eigenvalue weighted by atomic mass is 32.2. The van der Waals surface area contributed by atoms with Gasteiger partial charge in [-0.1, -0.05) is 20.8 Å². The van der Waals surface area contributed by atoms with Gasteiger partial charge in [-0.2, -0.15) is 0 Å². The van der Waals surface area contributed by atoms with E-state index in [1.54, 1.807) is 43.3 Å². The number of benzene rings is 2. The summed E-state index contributed by atoms with van der Waals surface area (Å²) in [6.07, 6.45) is 1.29. The fourth-order valence-corrected chi connectivity index (χ4v) is 5.02. The number of ether oxygens (including phenoxy) is 1. The van der Waals surface area contributed by atoms with Gasteiger partial charge in [-0.25, -0.2) is 13.2 Å². The Morgan fingerprint density at radius 3 is 2.31 bits per heavy atom. The van der Waals surface area contributed by atoms with Crippen LogP contribution in [-0.4, -0.2) is 52.7 Å². The van der Waals surface area contributed by atoms with Crippen LogP contribution in [0.25, 0.3) is 0 Å². The van der Waals surface area contributed by atoms with Gasteiger partial charge in [-0.15, -0.1) is 0 Å². The van der Waals surface area contributed by atoms with Gasteiger partial charge in [0.15, 0.2) is 0 Å². The minimum Gasteiger partial charge on any atom is -0.496 e. The molecule has 10 nitrogen and oxygen atoms in total. The number of hydrogen-bond acceptors (Lipinski definition) is 6. The molecule has 1 saturated heterocycles. The van der Waals surface area contributed by atoms with Crippen LogP contribution in [0.1, 0.15) is 50.0 Å². The minimum absolute atomic E-state index is 0.152. The molecule has 2 aromatic carbocycles. The normalized spacial score (nSPS) is 14.3. The average Bonchev–Trinajstić information content (AvgIpc) is 2.78. The van der Waals surface area contributed by atoms with Crippen molar-refractivity contribution in [2.75, 3.05) is 41.0 Å². The predicted molar refractivity (Wildman–Crippen MR) is 139 cm³/mol. The topological polar surface area (TPSA) is 125 Å². The number of hydrogen-bond donors (Lipinski definition) is 2. The zero-order valence-corrected chi connectivity index (χ0v) is 22.2. The van der Waals surface area contributed by atoms with Crippen LogP contribution in [0.4, 0.5) is 21.9 Å². The van der Waals surface area contributed by atoms with Crippen molar-refractivity contribution < 1.29 is 27.5 Å². The van der Waals surface area contributed by atoms with E-state index in [9.17, 15) is 22.8 Å². The standard InChI is InChI=1S/C25H32N4O6S/c1-7-29(36(6,33)34)17-10-8-16(9-11-17)26-23(31)19-14-18(28-13-12-21(30)27-24(28)32)15-20(22(19)35-5)25(2,3)4/h8-11,14-15H,7,12-13H2,1-6H3,(H,26,31)(H,27,30,32). The Labute approximate surface area is 211 Å². The van der Waals surface area contributed by atoms with E-state index in [1.165, 1.54) is 16.3 Å². The van der Waals surface area contributed by atoms with Gasteiger partial charge < -0.3 is 10.1 Å². The van der Waals surface area contributed by atoms with Gasteiger partial charge in [-0.05, 0) is 48.7 Å². The van der Waals surface area contributed by atoms with E-state index in [1.807, 2.05) is 20.8 Å². The molecule has 2 aromatic rings. The summed E-state index contributed by atoms with van der Waals surface area (Å²) in [5.41, 5.74) is 1.94. The van der Waals surface area contributed by atoms with Gasteiger partial charge in [0, 0.05) is 36.4 Å². The molecular formula is C25H32N4O6S. The van der Waals surface area contributed by atoms with Gasteiger partial charge >= 0.3 is 6.03 Å². The molecule has 194 valence electrons. The van der Waals surface area contributed by atoms with E-state index in [2.05, 4.69) is 10.6 Å². The molecule has 11 heteroatoms. The molecule has 0 unspecified atom stereocenters. The van der Waals surface area contributed by atoms with Crippen LogP contribution in [0.5, 0.6) is 5.75 Å². The first-order chi connectivity index (χ1) is 16.8. The summed E-state index contributed by atoms with van der Waals surface area (Å²) in [4.78, 5) is 38.9. The van der Waals surface area contributed by atoms with Crippen molar-refractivity contribution in [1.82, 2.24) is 5.32 Å². The number of urea groups is 1. The molecule has 0 radical (unpaired) electrons. The molecule has 3 rings (SSSR count). The third-order valence-electron chi connectivity index (χ3n) is 5.80. The van der Waals surface area contributed by atoms with E-state index in [0.717, 1.165) is 11.8 Å². The summed E-state index contributed by atoms with van der Waals surface area (Å²) in [5.74, 6) is -0.432. The molecular weight excluding hydrogens is 484 g/mol. The molecule has 1 aliphatic rings. The van der Waals surface area contributed by atoms with Gasteiger partial charge in [-0.3, -0.25) is 24.1 Å². The van der Waals surface area contributed by atoms with E-state index >= 15 is 0 Å². The first-order valence-corrected chi connectivity index (χ1v) is 13.3. The Morgan fingerprint density at radius 2 is 1.81 bits per heavy atom. The van der Waals surface area contributed by atoms with E-state index < -0.39 is 27.4 Å². The lowest BCUT2D eigenvalue weighted by Crippen LogP contribution is -2.49. The van der Waals surface area contributed by atoms with Crippen molar-refractivity contribution in [1.29, 1.82) is 0 Å². The van der Waals surface area contributed by atoms with Crippen LogP contribution in [0.3, 0.4) is 0 Å². The number of rotatable bonds is 7. The molecule has 0 spiro atoms. The Kier molecular flexibility index (Phi) is 7.63. The molecule has 0 atom stereocenters. The van der Waals surface area contributed by atoms with E-state index in [4.69, 9.17) is 4.74 Å². The van der Waals surface area contributed by atoms with Gasteiger partial charge in [0.05, 0.1) is 24.6 Å². The Morgan fingerprint density at radius 1 is 1.17 bits per heavy atom. The number of methoxy groups -OCH3 is 1. The lowest BCUT2D eigenvalue weighted by atomic mass is 9.84. The van der Waals surface area contributed by atoms with Crippen LogP contribution in [0, 0.1) is 0 Å². The third kappa shape index (κ3) is 5.78. The van der Waals surface area contributed by atoms with Crippen LogP contribution in [-0.2, 0) is 20.2 Å². The highest BCUT2D eigenvalue weighted by molar-refractivity contribution is 7.92. The molecule has 0 bridgehead atoms. The fraction of sp³-hybridized carbons (Fsp3) is 0.400. The number of anilines is 3. The lowest BCUT2D eigenvalue weighted by molar-refractivity contribution is -0.120. The Hall–Kier alpha value is -3.60. The quantitative estimate of drug-likeness (QED) is 0.581. The van der Waals surface area contributed by atoms with Crippen molar-refractivity contribution in [2.24, 2.45) is 0 Å². The number of nitrogens with one attached hydrogen (secondary N) is 2. The number of carbonyl (C=O) groups is 3. The monoisotopic (exact) mass is 516 g/mol. The van der Waals surface area contributed by atoms with Crippen molar-refractivity contribution in [3.8, 4) is 5.75 Å². The molecule has 0 aromatic heterocycles. The number of amides is 4. The van der Waals surface area contributed by atoms with Crippen LogP contribution in [0.2, 0.25) is 0 Å². The van der Waals surface area contributed by atoms with Gasteiger partial charge in [0.2, 0.25) is 15.9 Å². The number of carbonyl (C=O) groups excluding carboxylic acids is 3. The first-order valence-electron chi connectivity index (χ1n) is 11.5. The second-order valence-corrected chi connectivity index (χ2v) is 11.4. The molecule has 1 heterocycles. The maximum atomic E-state index is 13.4. The average molecular weight is 517 g/mol. The lowest BCUT2D eigenvalue weighted by Gasteiger charge is -2.30. The summed E-state index contributed by atoms with van der Waals surface area (Å²) < 4.78 is 30.9. The molecule has 36 heavy (non-hydrogen) atoms. The second kappa shape index (κ2) is 10.2. The third-order valence-corrected chi connectivity index (χ3v) is 7.07. The summed E-state index contributed by atoms with van der Waals surface area (Å²) >= 11 is 0. The number of imide groups is 1. The fourth-order valence-electron chi connectivity index (χ4n) is 4.04. The number of sulfonamides is 1. The molecule has 0 saturated carbocycles. The van der Waals surface area contributed by atoms with Crippen LogP contribution >= 0.6 is 0 Å². The van der Waals surface area contributed by atoms with Gasteiger partial charge in [0.25, 0.3) is 5.91 Å². The van der Waals surface area contributed by atoms with Crippen molar-refractivity contribution in [2.45, 2.75) is 39.5 Å². The zero-order chi connectivity index (χ0) is 26.8. The van der Waals surface area contributed by atoms with Gasteiger partial charge in [0.1, 0.15) is 5.75 Å². The van der Waals surface area contributed by atoms with Crippen LogP contribution in [0.15, 0.2) is 36.4 Å². The van der Waals surface area contributed by atoms with Crippen molar-refractivity contribution >= 4 is 44.9 Å². The Balaban J connectivity index is 2.00. The highest BCUT2D eigenvalue weighted by Gasteiger charge is 2.30. The molecule has 4 amide bonds. The summed E-state index contributed by atoms with van der Waals surface area (Å²) in [7, 11) is -1.95. The maximum Gasteiger partial charge on any atom is 0.328 e. The molecule has 1 aliphatic heterocycles. The smallest absolute Gasteiger partial charge is 0.328 e. The number of nitrogens with zero attached hydrogens (tertiary/aromatic N) is 2. The maximum absolute atomic E-state index is 13.4. The zero-order valence-electron chi connectivity index (χ0n) is 21.3. The molecule has 0 aliphatic carbocycles.